The third kappa shape index (κ3) is 2.32. The summed E-state index contributed by atoms with van der Waals surface area (Å²) in [4.78, 5) is 5.31. The summed E-state index contributed by atoms with van der Waals surface area (Å²) in [5, 5.41) is 19.6. The molecule has 0 aromatic carbocycles. The smallest absolute Gasteiger partial charge is 0.174 e. The van der Waals surface area contributed by atoms with Gasteiger partial charge in [-0.25, -0.2) is 9.38 Å². The van der Waals surface area contributed by atoms with E-state index in [1.807, 2.05) is 6.92 Å². The Balaban J connectivity index is 2.23. The summed E-state index contributed by atoms with van der Waals surface area (Å²) in [6, 6.07) is 0. The Kier molecular flexibility index (Phi) is 4.12. The minimum atomic E-state index is -1.68. The lowest BCUT2D eigenvalue weighted by atomic mass is 9.92. The minimum absolute atomic E-state index is 0.232. The van der Waals surface area contributed by atoms with Crippen LogP contribution in [0.5, 0.6) is 0 Å². The predicted octanol–water partition coefficient (Wildman–Crippen LogP) is 0.231. The number of rotatable bonds is 4. The summed E-state index contributed by atoms with van der Waals surface area (Å²) >= 11 is 0. The number of halogens is 1. The number of aliphatic imine (C=N–C) groups is 1. The topological polar surface area (TPSA) is 91.3 Å². The van der Waals surface area contributed by atoms with E-state index in [0.29, 0.717) is 12.8 Å². The first-order valence-corrected chi connectivity index (χ1v) is 6.55. The van der Waals surface area contributed by atoms with Crippen LogP contribution >= 0.6 is 0 Å². The van der Waals surface area contributed by atoms with Crippen molar-refractivity contribution in [2.45, 2.75) is 43.9 Å². The van der Waals surface area contributed by atoms with E-state index in [9.17, 15) is 14.6 Å². The Morgan fingerprint density at radius 3 is 2.90 bits per heavy atom. The average molecular weight is 285 g/mol. The number of aliphatic hydroxyl groups excluding tert-OH is 2. The lowest BCUT2D eigenvalue weighted by Crippen LogP contribution is -2.45. The normalized spacial score (nSPS) is 37.4. The Bertz CT molecular complexity index is 454. The van der Waals surface area contributed by atoms with Crippen molar-refractivity contribution in [3.05, 3.63) is 24.7 Å². The van der Waals surface area contributed by atoms with Crippen LogP contribution in [0.3, 0.4) is 0 Å². The maximum absolute atomic E-state index is 14.4. The number of aliphatic hydroxyl groups is 2. The highest BCUT2D eigenvalue weighted by atomic mass is 19.1. The molecule has 0 radical (unpaired) electrons. The standard InChI is InChI=1S/C13H20FN3O3/c1-3-5-13(7-18)11(19)10(14)12(20-13)17-6-4-9(15)16-8(17)2/h4,6,10-12,18-19H,2-3,5,7H2,1H3,(H2,15,16)/t10-,11+,12-,13-/m1/s1. The fourth-order valence-electron chi connectivity index (χ4n) is 2.59. The molecule has 0 aromatic rings. The van der Waals surface area contributed by atoms with Crippen molar-refractivity contribution in [1.82, 2.24) is 4.90 Å². The van der Waals surface area contributed by atoms with Crippen molar-refractivity contribution in [1.29, 1.82) is 0 Å². The number of ether oxygens (including phenoxy) is 1. The van der Waals surface area contributed by atoms with Gasteiger partial charge >= 0.3 is 0 Å². The maximum atomic E-state index is 14.4. The highest BCUT2D eigenvalue weighted by Gasteiger charge is 2.56. The summed E-state index contributed by atoms with van der Waals surface area (Å²) < 4.78 is 20.0. The zero-order chi connectivity index (χ0) is 14.9. The average Bonchev–Trinajstić information content (AvgIpc) is 2.65. The van der Waals surface area contributed by atoms with E-state index in [2.05, 4.69) is 11.6 Å². The monoisotopic (exact) mass is 285 g/mol. The van der Waals surface area contributed by atoms with Gasteiger partial charge in [0.1, 0.15) is 23.4 Å². The van der Waals surface area contributed by atoms with Crippen LogP contribution in [0, 0.1) is 0 Å². The van der Waals surface area contributed by atoms with E-state index in [4.69, 9.17) is 10.5 Å². The first-order chi connectivity index (χ1) is 9.45. The molecule has 0 bridgehead atoms. The van der Waals surface area contributed by atoms with Gasteiger partial charge in [-0.1, -0.05) is 19.9 Å². The molecule has 1 fully saturated rings. The molecule has 1 saturated heterocycles. The fraction of sp³-hybridized carbons (Fsp3) is 0.615. The van der Waals surface area contributed by atoms with Gasteiger partial charge in [-0.3, -0.25) is 0 Å². The molecular weight excluding hydrogens is 265 g/mol. The molecule has 0 spiro atoms. The second kappa shape index (κ2) is 5.51. The molecule has 7 heteroatoms. The number of hydrogen-bond donors (Lipinski definition) is 3. The van der Waals surface area contributed by atoms with Crippen molar-refractivity contribution in [2.24, 2.45) is 10.7 Å². The van der Waals surface area contributed by atoms with Gasteiger partial charge < -0.3 is 25.6 Å². The zero-order valence-electron chi connectivity index (χ0n) is 11.4. The molecule has 0 saturated carbocycles. The van der Waals surface area contributed by atoms with E-state index in [1.54, 1.807) is 0 Å². The Morgan fingerprint density at radius 1 is 1.65 bits per heavy atom. The van der Waals surface area contributed by atoms with Gasteiger partial charge in [-0.2, -0.15) is 0 Å². The van der Waals surface area contributed by atoms with E-state index < -0.39 is 30.7 Å². The van der Waals surface area contributed by atoms with Crippen LogP contribution in [0.25, 0.3) is 0 Å². The Hall–Kier alpha value is -1.44. The minimum Gasteiger partial charge on any atom is -0.393 e. The van der Waals surface area contributed by atoms with Gasteiger partial charge in [0, 0.05) is 6.20 Å². The van der Waals surface area contributed by atoms with Gasteiger partial charge in [0.05, 0.1) is 6.61 Å². The van der Waals surface area contributed by atoms with Crippen molar-refractivity contribution >= 4 is 5.84 Å². The molecule has 20 heavy (non-hydrogen) atoms. The number of nitrogens with two attached hydrogens (primary N) is 1. The summed E-state index contributed by atoms with van der Waals surface area (Å²) in [6.45, 7) is 5.11. The molecule has 2 aliphatic heterocycles. The van der Waals surface area contributed by atoms with Crippen LogP contribution in [-0.2, 0) is 4.74 Å². The summed E-state index contributed by atoms with van der Waals surface area (Å²) in [5.74, 6) is 0.497. The van der Waals surface area contributed by atoms with Crippen LogP contribution in [0.4, 0.5) is 4.39 Å². The van der Waals surface area contributed by atoms with Gasteiger partial charge in [-0.15, -0.1) is 0 Å². The molecule has 0 aliphatic carbocycles. The zero-order valence-corrected chi connectivity index (χ0v) is 11.4. The third-order valence-corrected chi connectivity index (χ3v) is 3.65. The molecule has 6 nitrogen and oxygen atoms in total. The SMILES string of the molecule is C=C1N=C(N)C=CN1[C@@H]1O[C@@](CO)(CCC)[C@@H](O)[C@H]1F. The fourth-order valence-corrected chi connectivity index (χ4v) is 2.59. The molecule has 4 atom stereocenters. The highest BCUT2D eigenvalue weighted by Crippen LogP contribution is 2.39. The molecule has 4 N–H and O–H groups in total. The van der Waals surface area contributed by atoms with Crippen LogP contribution < -0.4 is 5.73 Å². The van der Waals surface area contributed by atoms with Crippen molar-refractivity contribution in [3.63, 3.8) is 0 Å². The number of nitrogens with zero attached hydrogens (tertiary/aromatic N) is 2. The van der Waals surface area contributed by atoms with E-state index in [-0.39, 0.29) is 11.7 Å². The van der Waals surface area contributed by atoms with Gasteiger partial charge in [0.25, 0.3) is 0 Å². The predicted molar refractivity (Wildman–Crippen MR) is 72.2 cm³/mol. The van der Waals surface area contributed by atoms with Crippen LogP contribution in [-0.4, -0.2) is 51.7 Å². The van der Waals surface area contributed by atoms with Crippen LogP contribution in [0.2, 0.25) is 0 Å². The van der Waals surface area contributed by atoms with E-state index in [0.717, 1.165) is 0 Å². The van der Waals surface area contributed by atoms with Gasteiger partial charge in [0.2, 0.25) is 0 Å². The molecule has 0 amide bonds. The Labute approximate surface area is 117 Å². The van der Waals surface area contributed by atoms with Crippen molar-refractivity contribution in [2.75, 3.05) is 6.61 Å². The van der Waals surface area contributed by atoms with Crippen LogP contribution in [0.15, 0.2) is 29.7 Å². The molecule has 2 aliphatic rings. The summed E-state index contributed by atoms with van der Waals surface area (Å²) in [5.41, 5.74) is 4.23. The summed E-state index contributed by atoms with van der Waals surface area (Å²) in [6.07, 6.45) is -0.143. The van der Waals surface area contributed by atoms with Gasteiger partial charge in [0.15, 0.2) is 12.4 Å². The molecule has 0 aromatic heterocycles. The second-order valence-corrected chi connectivity index (χ2v) is 5.05. The molecular formula is C13H20FN3O3. The first kappa shape index (κ1) is 15.0. The van der Waals surface area contributed by atoms with Crippen molar-refractivity contribution in [3.8, 4) is 0 Å². The summed E-state index contributed by atoms with van der Waals surface area (Å²) in [7, 11) is 0. The first-order valence-electron chi connectivity index (χ1n) is 6.55. The van der Waals surface area contributed by atoms with Gasteiger partial charge in [-0.05, 0) is 12.5 Å². The molecule has 0 unspecified atom stereocenters. The number of amidine groups is 1. The highest BCUT2D eigenvalue weighted by molar-refractivity contribution is 5.92. The largest absolute Gasteiger partial charge is 0.393 e. The van der Waals surface area contributed by atoms with Crippen LogP contribution in [0.1, 0.15) is 19.8 Å². The number of alkyl halides is 1. The quantitative estimate of drug-likeness (QED) is 0.688. The van der Waals surface area contributed by atoms with Crippen molar-refractivity contribution < 1.29 is 19.3 Å². The molecule has 112 valence electrons. The third-order valence-electron chi connectivity index (χ3n) is 3.65. The maximum Gasteiger partial charge on any atom is 0.174 e. The van der Waals surface area contributed by atoms with E-state index >= 15 is 0 Å². The number of hydrogen-bond acceptors (Lipinski definition) is 6. The second-order valence-electron chi connectivity index (χ2n) is 5.05. The molecule has 2 heterocycles. The molecule has 2 rings (SSSR count). The van der Waals surface area contributed by atoms with E-state index in [1.165, 1.54) is 17.2 Å². The lowest BCUT2D eigenvalue weighted by molar-refractivity contribution is -0.138. The Morgan fingerprint density at radius 2 is 2.35 bits per heavy atom. The lowest BCUT2D eigenvalue weighted by Gasteiger charge is -2.32.